The molecule has 0 unspecified atom stereocenters. The van der Waals surface area contributed by atoms with Crippen molar-refractivity contribution in [1.82, 2.24) is 0 Å². The third-order valence-corrected chi connectivity index (χ3v) is 3.35. The lowest BCUT2D eigenvalue weighted by Gasteiger charge is -2.09. The molecule has 0 spiro atoms. The normalized spacial score (nSPS) is 10.3. The monoisotopic (exact) mass is 372 g/mol. The molecular formula is C19H20N2O6. The molecule has 0 aliphatic rings. The lowest BCUT2D eigenvalue weighted by molar-refractivity contribution is -0.384. The molecule has 8 nitrogen and oxygen atoms in total. The molecule has 1 amide bonds. The number of nitrogens with zero attached hydrogens (tertiary/aromatic N) is 1. The van der Waals surface area contributed by atoms with Gasteiger partial charge in [-0.15, -0.1) is 0 Å². The Morgan fingerprint density at radius 3 is 2.48 bits per heavy atom. The van der Waals surface area contributed by atoms with Crippen LogP contribution in [0, 0.1) is 16.0 Å². The number of nitro groups is 1. The van der Waals surface area contributed by atoms with Crippen LogP contribution in [-0.2, 0) is 9.53 Å². The van der Waals surface area contributed by atoms with Crippen molar-refractivity contribution in [2.24, 2.45) is 5.92 Å². The minimum Gasteiger partial charge on any atom is -0.493 e. The molecule has 0 atom stereocenters. The fourth-order valence-corrected chi connectivity index (χ4v) is 2.06. The van der Waals surface area contributed by atoms with Crippen molar-refractivity contribution >= 4 is 23.3 Å². The molecule has 1 N–H and O–H groups in total. The first-order valence-corrected chi connectivity index (χ1v) is 8.29. The zero-order chi connectivity index (χ0) is 19.8. The van der Waals surface area contributed by atoms with E-state index in [1.165, 1.54) is 24.3 Å². The SMILES string of the molecule is CC(C)COc1ccc(C(=O)OCC(=O)Nc2cccc([N+](=O)[O-])c2)cc1. The Labute approximate surface area is 156 Å². The van der Waals surface area contributed by atoms with Crippen LogP contribution < -0.4 is 10.1 Å². The van der Waals surface area contributed by atoms with Crippen molar-refractivity contribution < 1.29 is 24.0 Å². The largest absolute Gasteiger partial charge is 0.493 e. The Kier molecular flexibility index (Phi) is 6.87. The van der Waals surface area contributed by atoms with Crippen LogP contribution in [0.5, 0.6) is 5.75 Å². The molecule has 0 heterocycles. The summed E-state index contributed by atoms with van der Waals surface area (Å²) in [5, 5.41) is 13.2. The van der Waals surface area contributed by atoms with Crippen molar-refractivity contribution in [1.29, 1.82) is 0 Å². The molecule has 2 rings (SSSR count). The van der Waals surface area contributed by atoms with Gasteiger partial charge in [-0.25, -0.2) is 4.79 Å². The summed E-state index contributed by atoms with van der Waals surface area (Å²) in [7, 11) is 0. The molecule has 0 aromatic heterocycles. The van der Waals surface area contributed by atoms with Gasteiger partial charge in [0.1, 0.15) is 5.75 Å². The van der Waals surface area contributed by atoms with Gasteiger partial charge in [0.15, 0.2) is 6.61 Å². The van der Waals surface area contributed by atoms with E-state index in [0.29, 0.717) is 18.3 Å². The quantitative estimate of drug-likeness (QED) is 0.432. The lowest BCUT2D eigenvalue weighted by atomic mass is 10.2. The number of amides is 1. The first-order valence-electron chi connectivity index (χ1n) is 8.29. The second-order valence-electron chi connectivity index (χ2n) is 6.16. The second-order valence-corrected chi connectivity index (χ2v) is 6.16. The molecular weight excluding hydrogens is 352 g/mol. The maximum atomic E-state index is 12.0. The third-order valence-electron chi connectivity index (χ3n) is 3.35. The number of carbonyl (C=O) groups excluding carboxylic acids is 2. The first-order chi connectivity index (χ1) is 12.8. The Hall–Kier alpha value is -3.42. The standard InChI is InChI=1S/C19H20N2O6/c1-13(2)11-26-17-8-6-14(7-9-17)19(23)27-12-18(22)20-15-4-3-5-16(10-15)21(24)25/h3-10,13H,11-12H2,1-2H3,(H,20,22). The Morgan fingerprint density at radius 1 is 1.15 bits per heavy atom. The Morgan fingerprint density at radius 2 is 1.85 bits per heavy atom. The highest BCUT2D eigenvalue weighted by atomic mass is 16.6. The van der Waals surface area contributed by atoms with Gasteiger partial charge in [0.05, 0.1) is 17.1 Å². The van der Waals surface area contributed by atoms with Gasteiger partial charge in [-0.2, -0.15) is 0 Å². The number of anilines is 1. The summed E-state index contributed by atoms with van der Waals surface area (Å²) in [5.74, 6) is -0.219. The summed E-state index contributed by atoms with van der Waals surface area (Å²) in [5.41, 5.74) is 0.386. The van der Waals surface area contributed by atoms with Crippen molar-refractivity contribution in [2.75, 3.05) is 18.5 Å². The number of nitrogens with one attached hydrogen (secondary N) is 1. The van der Waals surface area contributed by atoms with E-state index in [2.05, 4.69) is 5.32 Å². The number of hydrogen-bond acceptors (Lipinski definition) is 6. The van der Waals surface area contributed by atoms with Crippen molar-refractivity contribution in [2.45, 2.75) is 13.8 Å². The Balaban J connectivity index is 1.85. The summed E-state index contributed by atoms with van der Waals surface area (Å²) < 4.78 is 10.5. The van der Waals surface area contributed by atoms with E-state index >= 15 is 0 Å². The topological polar surface area (TPSA) is 108 Å². The van der Waals surface area contributed by atoms with Crippen LogP contribution >= 0.6 is 0 Å². The number of carbonyl (C=O) groups is 2. The molecule has 8 heteroatoms. The Bertz CT molecular complexity index is 817. The van der Waals surface area contributed by atoms with Crippen LogP contribution in [0.3, 0.4) is 0 Å². The van der Waals surface area contributed by atoms with Crippen LogP contribution in [0.25, 0.3) is 0 Å². The van der Waals surface area contributed by atoms with Crippen LogP contribution in [0.1, 0.15) is 24.2 Å². The van der Waals surface area contributed by atoms with Gasteiger partial charge in [0, 0.05) is 17.8 Å². The molecule has 2 aromatic rings. The predicted octanol–water partition coefficient (Wildman–Crippen LogP) is 3.43. The van der Waals surface area contributed by atoms with Crippen molar-refractivity contribution in [3.05, 3.63) is 64.2 Å². The number of non-ortho nitro benzene ring substituents is 1. The van der Waals surface area contributed by atoms with Gasteiger partial charge in [-0.1, -0.05) is 19.9 Å². The highest BCUT2D eigenvalue weighted by molar-refractivity contribution is 5.95. The summed E-state index contributed by atoms with van der Waals surface area (Å²) in [4.78, 5) is 34.0. The maximum Gasteiger partial charge on any atom is 0.338 e. The predicted molar refractivity (Wildman–Crippen MR) is 98.8 cm³/mol. The highest BCUT2D eigenvalue weighted by Crippen LogP contribution is 2.17. The minimum absolute atomic E-state index is 0.149. The number of nitro benzene ring substituents is 1. The van der Waals surface area contributed by atoms with Crippen LogP contribution in [0.15, 0.2) is 48.5 Å². The summed E-state index contributed by atoms with van der Waals surface area (Å²) >= 11 is 0. The van der Waals surface area contributed by atoms with Crippen LogP contribution in [-0.4, -0.2) is 30.0 Å². The van der Waals surface area contributed by atoms with Gasteiger partial charge >= 0.3 is 5.97 Å². The van der Waals surface area contributed by atoms with Gasteiger partial charge in [0.25, 0.3) is 11.6 Å². The molecule has 27 heavy (non-hydrogen) atoms. The second kappa shape index (κ2) is 9.33. The first kappa shape index (κ1) is 19.9. The number of rotatable bonds is 8. The average Bonchev–Trinajstić information content (AvgIpc) is 2.65. The third kappa shape index (κ3) is 6.43. The van der Waals surface area contributed by atoms with Gasteiger partial charge in [-0.05, 0) is 36.2 Å². The summed E-state index contributed by atoms with van der Waals surface area (Å²) in [6, 6.07) is 11.9. The smallest absolute Gasteiger partial charge is 0.338 e. The molecule has 0 aliphatic heterocycles. The number of ether oxygens (including phenoxy) is 2. The van der Waals surface area contributed by atoms with Crippen molar-refractivity contribution in [3.8, 4) is 5.75 Å². The van der Waals surface area contributed by atoms with E-state index in [1.807, 2.05) is 13.8 Å². The van der Waals surface area contributed by atoms with Gasteiger partial charge in [-0.3, -0.25) is 14.9 Å². The van der Waals surface area contributed by atoms with E-state index < -0.39 is 23.4 Å². The molecule has 0 saturated heterocycles. The fraction of sp³-hybridized carbons (Fsp3) is 0.263. The van der Waals surface area contributed by atoms with Gasteiger partial charge in [0.2, 0.25) is 0 Å². The zero-order valence-corrected chi connectivity index (χ0v) is 15.0. The number of esters is 1. The molecule has 0 radical (unpaired) electrons. The van der Waals surface area contributed by atoms with E-state index in [4.69, 9.17) is 9.47 Å². The maximum absolute atomic E-state index is 12.0. The fourth-order valence-electron chi connectivity index (χ4n) is 2.06. The van der Waals surface area contributed by atoms with E-state index in [9.17, 15) is 19.7 Å². The number of hydrogen-bond donors (Lipinski definition) is 1. The minimum atomic E-state index is -0.653. The molecule has 2 aromatic carbocycles. The van der Waals surface area contributed by atoms with E-state index in [0.717, 1.165) is 0 Å². The summed E-state index contributed by atoms with van der Waals surface area (Å²) in [6.45, 7) is 4.13. The van der Waals surface area contributed by atoms with E-state index in [1.54, 1.807) is 24.3 Å². The zero-order valence-electron chi connectivity index (χ0n) is 15.0. The molecule has 0 fully saturated rings. The van der Waals surface area contributed by atoms with Gasteiger partial charge < -0.3 is 14.8 Å². The lowest BCUT2D eigenvalue weighted by Crippen LogP contribution is -2.21. The average molecular weight is 372 g/mol. The summed E-state index contributed by atoms with van der Waals surface area (Å²) in [6.07, 6.45) is 0. The number of benzene rings is 2. The van der Waals surface area contributed by atoms with Crippen molar-refractivity contribution in [3.63, 3.8) is 0 Å². The van der Waals surface area contributed by atoms with Crippen LogP contribution in [0.4, 0.5) is 11.4 Å². The molecule has 142 valence electrons. The van der Waals surface area contributed by atoms with E-state index in [-0.39, 0.29) is 16.9 Å². The molecule has 0 aliphatic carbocycles. The van der Waals surface area contributed by atoms with Crippen LogP contribution in [0.2, 0.25) is 0 Å². The molecule has 0 saturated carbocycles. The highest BCUT2D eigenvalue weighted by Gasteiger charge is 2.12. The molecule has 0 bridgehead atoms.